The summed E-state index contributed by atoms with van der Waals surface area (Å²) in [6, 6.07) is 15.7. The fourth-order valence-corrected chi connectivity index (χ4v) is 2.31. The molecule has 0 saturated heterocycles. The minimum absolute atomic E-state index is 0.0733. The van der Waals surface area contributed by atoms with Crippen molar-refractivity contribution in [1.82, 2.24) is 0 Å². The molecule has 1 amide bonds. The van der Waals surface area contributed by atoms with Gasteiger partial charge in [0.05, 0.1) is 13.0 Å². The van der Waals surface area contributed by atoms with Crippen molar-refractivity contribution in [2.45, 2.75) is 26.3 Å². The SMILES string of the molecule is COc1ccc(NC(=O)C(C)C(C)N)cc1Cc1ccccc1. The number of amides is 1. The number of hydrogen-bond donors (Lipinski definition) is 2. The second kappa shape index (κ2) is 7.79. The average Bonchev–Trinajstić information content (AvgIpc) is 2.55. The monoisotopic (exact) mass is 312 g/mol. The van der Waals surface area contributed by atoms with Gasteiger partial charge in [0.1, 0.15) is 5.75 Å². The maximum Gasteiger partial charge on any atom is 0.228 e. The van der Waals surface area contributed by atoms with E-state index < -0.39 is 0 Å². The molecule has 0 fully saturated rings. The smallest absolute Gasteiger partial charge is 0.228 e. The number of anilines is 1. The lowest BCUT2D eigenvalue weighted by Crippen LogP contribution is -2.34. The van der Waals surface area contributed by atoms with Crippen molar-refractivity contribution in [2.75, 3.05) is 12.4 Å². The van der Waals surface area contributed by atoms with E-state index in [9.17, 15) is 4.79 Å². The summed E-state index contributed by atoms with van der Waals surface area (Å²) in [4.78, 5) is 12.2. The summed E-state index contributed by atoms with van der Waals surface area (Å²) in [6.07, 6.45) is 0.747. The zero-order valence-corrected chi connectivity index (χ0v) is 13.9. The first-order valence-corrected chi connectivity index (χ1v) is 7.78. The summed E-state index contributed by atoms with van der Waals surface area (Å²) in [6.45, 7) is 3.66. The Bertz CT molecular complexity index is 654. The van der Waals surface area contributed by atoms with E-state index >= 15 is 0 Å². The zero-order valence-electron chi connectivity index (χ0n) is 13.9. The third kappa shape index (κ3) is 4.57. The number of nitrogens with one attached hydrogen (secondary N) is 1. The molecule has 0 spiro atoms. The second-order valence-corrected chi connectivity index (χ2v) is 5.83. The van der Waals surface area contributed by atoms with Crippen LogP contribution in [0.3, 0.4) is 0 Å². The van der Waals surface area contributed by atoms with Gasteiger partial charge in [-0.25, -0.2) is 0 Å². The van der Waals surface area contributed by atoms with Crippen LogP contribution in [0.1, 0.15) is 25.0 Å². The highest BCUT2D eigenvalue weighted by Crippen LogP contribution is 2.25. The van der Waals surface area contributed by atoms with Gasteiger partial charge in [-0.2, -0.15) is 0 Å². The lowest BCUT2D eigenvalue weighted by atomic mass is 10.0. The molecular weight excluding hydrogens is 288 g/mol. The molecule has 2 unspecified atom stereocenters. The van der Waals surface area contributed by atoms with Crippen LogP contribution in [0.5, 0.6) is 5.75 Å². The fraction of sp³-hybridized carbons (Fsp3) is 0.316. The highest BCUT2D eigenvalue weighted by Gasteiger charge is 2.17. The molecule has 2 aromatic carbocycles. The van der Waals surface area contributed by atoms with Crippen molar-refractivity contribution >= 4 is 11.6 Å². The molecule has 4 heteroatoms. The maximum atomic E-state index is 12.2. The van der Waals surface area contributed by atoms with Crippen molar-refractivity contribution in [3.8, 4) is 5.75 Å². The molecule has 122 valence electrons. The average molecular weight is 312 g/mol. The Hall–Kier alpha value is -2.33. The van der Waals surface area contributed by atoms with Gasteiger partial charge in [0.15, 0.2) is 0 Å². The topological polar surface area (TPSA) is 64.3 Å². The van der Waals surface area contributed by atoms with E-state index in [4.69, 9.17) is 10.5 Å². The Morgan fingerprint density at radius 3 is 2.48 bits per heavy atom. The van der Waals surface area contributed by atoms with Crippen LogP contribution in [0, 0.1) is 5.92 Å². The summed E-state index contributed by atoms with van der Waals surface area (Å²) >= 11 is 0. The Morgan fingerprint density at radius 2 is 1.87 bits per heavy atom. The Kier molecular flexibility index (Phi) is 5.77. The first-order chi connectivity index (χ1) is 11.0. The van der Waals surface area contributed by atoms with Crippen LogP contribution in [0.15, 0.2) is 48.5 Å². The van der Waals surface area contributed by atoms with Crippen LogP contribution < -0.4 is 15.8 Å². The number of carbonyl (C=O) groups excluding carboxylic acids is 1. The molecule has 0 aromatic heterocycles. The van der Waals surface area contributed by atoms with Gasteiger partial charge in [-0.3, -0.25) is 4.79 Å². The van der Waals surface area contributed by atoms with Crippen LogP contribution in [0.4, 0.5) is 5.69 Å². The Morgan fingerprint density at radius 1 is 1.17 bits per heavy atom. The number of ether oxygens (including phenoxy) is 1. The number of hydrogen-bond acceptors (Lipinski definition) is 3. The maximum absolute atomic E-state index is 12.2. The van der Waals surface area contributed by atoms with Crippen molar-refractivity contribution < 1.29 is 9.53 Å². The van der Waals surface area contributed by atoms with E-state index in [-0.39, 0.29) is 17.9 Å². The highest BCUT2D eigenvalue weighted by atomic mass is 16.5. The number of carbonyl (C=O) groups is 1. The molecule has 0 heterocycles. The van der Waals surface area contributed by atoms with E-state index in [0.717, 1.165) is 23.4 Å². The Labute approximate surface area is 137 Å². The largest absolute Gasteiger partial charge is 0.496 e. The second-order valence-electron chi connectivity index (χ2n) is 5.83. The van der Waals surface area contributed by atoms with E-state index in [1.807, 2.05) is 50.2 Å². The summed E-state index contributed by atoms with van der Waals surface area (Å²) in [5, 5.41) is 2.93. The molecule has 0 bridgehead atoms. The van der Waals surface area contributed by atoms with Gasteiger partial charge in [0, 0.05) is 23.7 Å². The van der Waals surface area contributed by atoms with Gasteiger partial charge in [-0.05, 0) is 30.7 Å². The van der Waals surface area contributed by atoms with Crippen LogP contribution in [0.2, 0.25) is 0 Å². The Balaban J connectivity index is 2.20. The highest BCUT2D eigenvalue weighted by molar-refractivity contribution is 5.92. The van der Waals surface area contributed by atoms with Gasteiger partial charge >= 0.3 is 0 Å². The molecule has 23 heavy (non-hydrogen) atoms. The van der Waals surface area contributed by atoms with Crippen LogP contribution >= 0.6 is 0 Å². The zero-order chi connectivity index (χ0) is 16.8. The van der Waals surface area contributed by atoms with Crippen LogP contribution in [0.25, 0.3) is 0 Å². The summed E-state index contributed by atoms with van der Waals surface area (Å²) < 4.78 is 5.43. The predicted molar refractivity (Wildman–Crippen MR) is 93.7 cm³/mol. The minimum Gasteiger partial charge on any atom is -0.496 e. The fourth-order valence-electron chi connectivity index (χ4n) is 2.31. The van der Waals surface area contributed by atoms with Crippen LogP contribution in [-0.2, 0) is 11.2 Å². The molecule has 2 aromatic rings. The van der Waals surface area contributed by atoms with Gasteiger partial charge in [-0.1, -0.05) is 37.3 Å². The summed E-state index contributed by atoms with van der Waals surface area (Å²) in [5.41, 5.74) is 8.77. The molecule has 0 aliphatic rings. The summed E-state index contributed by atoms with van der Waals surface area (Å²) in [7, 11) is 1.65. The van der Waals surface area contributed by atoms with Crippen molar-refractivity contribution in [2.24, 2.45) is 11.7 Å². The molecule has 4 nitrogen and oxygen atoms in total. The van der Waals surface area contributed by atoms with Crippen molar-refractivity contribution in [1.29, 1.82) is 0 Å². The molecule has 2 atom stereocenters. The molecule has 0 radical (unpaired) electrons. The molecule has 3 N–H and O–H groups in total. The van der Waals surface area contributed by atoms with Crippen LogP contribution in [-0.4, -0.2) is 19.1 Å². The number of methoxy groups -OCH3 is 1. The van der Waals surface area contributed by atoms with Gasteiger partial charge in [0.2, 0.25) is 5.91 Å². The molecule has 2 rings (SSSR count). The number of rotatable bonds is 6. The molecular formula is C19H24N2O2. The first-order valence-electron chi connectivity index (χ1n) is 7.78. The quantitative estimate of drug-likeness (QED) is 0.861. The van der Waals surface area contributed by atoms with E-state index in [1.165, 1.54) is 5.56 Å². The third-order valence-electron chi connectivity index (χ3n) is 3.99. The van der Waals surface area contributed by atoms with E-state index in [1.54, 1.807) is 7.11 Å². The van der Waals surface area contributed by atoms with Gasteiger partial charge < -0.3 is 15.8 Å². The molecule has 0 aliphatic carbocycles. The predicted octanol–water partition coefficient (Wildman–Crippen LogP) is 3.21. The van der Waals surface area contributed by atoms with E-state index in [2.05, 4.69) is 17.4 Å². The number of benzene rings is 2. The van der Waals surface area contributed by atoms with Gasteiger partial charge in [0.25, 0.3) is 0 Å². The lowest BCUT2D eigenvalue weighted by Gasteiger charge is -2.16. The normalized spacial score (nSPS) is 13.2. The third-order valence-corrected chi connectivity index (χ3v) is 3.99. The van der Waals surface area contributed by atoms with E-state index in [0.29, 0.717) is 0 Å². The molecule has 0 saturated carbocycles. The summed E-state index contributed by atoms with van der Waals surface area (Å²) in [5.74, 6) is 0.498. The molecule has 0 aliphatic heterocycles. The van der Waals surface area contributed by atoms with Gasteiger partial charge in [-0.15, -0.1) is 0 Å². The standard InChI is InChI=1S/C19H24N2O2/c1-13(14(2)20)19(22)21-17-9-10-18(23-3)16(12-17)11-15-7-5-4-6-8-15/h4-10,12-14H,11,20H2,1-3H3,(H,21,22). The minimum atomic E-state index is -0.241. The first kappa shape index (κ1) is 17.0. The van der Waals surface area contributed by atoms with Crippen molar-refractivity contribution in [3.63, 3.8) is 0 Å². The lowest BCUT2D eigenvalue weighted by molar-refractivity contribution is -0.119. The number of nitrogens with two attached hydrogens (primary N) is 1. The van der Waals surface area contributed by atoms with Crippen molar-refractivity contribution in [3.05, 3.63) is 59.7 Å².